The molecule has 11 heteroatoms. The minimum Gasteiger partial charge on any atom is -0.482 e. The summed E-state index contributed by atoms with van der Waals surface area (Å²) in [5.74, 6) is 0.187. The van der Waals surface area contributed by atoms with E-state index in [2.05, 4.69) is 9.97 Å². The van der Waals surface area contributed by atoms with Gasteiger partial charge in [-0.1, -0.05) is 6.07 Å². The van der Waals surface area contributed by atoms with Crippen molar-refractivity contribution in [1.29, 1.82) is 5.26 Å². The summed E-state index contributed by atoms with van der Waals surface area (Å²) in [6.07, 6.45) is -2.78. The molecule has 0 amide bonds. The molecule has 0 aliphatic carbocycles. The molecule has 0 saturated heterocycles. The molecule has 1 aromatic carbocycles. The van der Waals surface area contributed by atoms with Crippen molar-refractivity contribution in [2.45, 2.75) is 12.8 Å². The van der Waals surface area contributed by atoms with E-state index in [4.69, 9.17) is 14.2 Å². The first-order valence-electron chi connectivity index (χ1n) is 8.69. The van der Waals surface area contributed by atoms with Crippen LogP contribution in [0.25, 0.3) is 0 Å². The van der Waals surface area contributed by atoms with E-state index in [1.54, 1.807) is 6.07 Å². The fourth-order valence-corrected chi connectivity index (χ4v) is 2.53. The van der Waals surface area contributed by atoms with E-state index in [1.165, 1.54) is 36.9 Å². The van der Waals surface area contributed by atoms with Gasteiger partial charge in [0.1, 0.15) is 24.2 Å². The zero-order chi connectivity index (χ0) is 22.6. The SMILES string of the molecule is COc1cc(OCc2ccc(Oc3cncc(C(F)(F)F)c3)c(C#N)c2)nc(=O)n1C. The molecule has 0 spiro atoms. The van der Waals surface area contributed by atoms with Crippen molar-refractivity contribution in [1.82, 2.24) is 14.5 Å². The molecule has 0 radical (unpaired) electrons. The van der Waals surface area contributed by atoms with Crippen LogP contribution in [0.3, 0.4) is 0 Å². The average Bonchev–Trinajstić information content (AvgIpc) is 2.74. The molecule has 0 aliphatic heterocycles. The molecule has 0 N–H and O–H groups in total. The molecular formula is C20H15F3N4O4. The minimum absolute atomic E-state index is 0.0244. The van der Waals surface area contributed by atoms with Gasteiger partial charge in [-0.2, -0.15) is 23.4 Å². The van der Waals surface area contributed by atoms with Crippen molar-refractivity contribution >= 4 is 0 Å². The topological polar surface area (TPSA) is 99.3 Å². The van der Waals surface area contributed by atoms with Gasteiger partial charge in [-0.25, -0.2) is 4.79 Å². The highest BCUT2D eigenvalue weighted by Gasteiger charge is 2.31. The maximum absolute atomic E-state index is 12.8. The smallest absolute Gasteiger partial charge is 0.418 e. The van der Waals surface area contributed by atoms with Crippen molar-refractivity contribution in [2.24, 2.45) is 7.05 Å². The highest BCUT2D eigenvalue weighted by molar-refractivity contribution is 5.47. The van der Waals surface area contributed by atoms with Crippen LogP contribution in [-0.4, -0.2) is 21.6 Å². The summed E-state index contributed by atoms with van der Waals surface area (Å²) < 4.78 is 55.7. The molecule has 0 unspecified atom stereocenters. The summed E-state index contributed by atoms with van der Waals surface area (Å²) >= 11 is 0. The predicted octanol–water partition coefficient (Wildman–Crippen LogP) is 3.45. The van der Waals surface area contributed by atoms with Crippen molar-refractivity contribution in [2.75, 3.05) is 7.11 Å². The van der Waals surface area contributed by atoms with Crippen LogP contribution in [0.5, 0.6) is 23.3 Å². The molecule has 0 saturated carbocycles. The Hall–Kier alpha value is -4.07. The van der Waals surface area contributed by atoms with Gasteiger partial charge < -0.3 is 14.2 Å². The summed E-state index contributed by atoms with van der Waals surface area (Å²) in [6, 6.07) is 8.59. The number of nitrogens with zero attached hydrogens (tertiary/aromatic N) is 4. The first kappa shape index (κ1) is 21.6. The number of nitriles is 1. The van der Waals surface area contributed by atoms with Crippen LogP contribution in [0.1, 0.15) is 16.7 Å². The van der Waals surface area contributed by atoms with Gasteiger partial charge in [0, 0.05) is 13.2 Å². The van der Waals surface area contributed by atoms with E-state index in [-0.39, 0.29) is 35.4 Å². The number of halogens is 3. The normalized spacial score (nSPS) is 11.0. The number of methoxy groups -OCH3 is 1. The largest absolute Gasteiger partial charge is 0.482 e. The third-order valence-electron chi connectivity index (χ3n) is 4.10. The maximum Gasteiger partial charge on any atom is 0.418 e. The zero-order valence-electron chi connectivity index (χ0n) is 16.3. The van der Waals surface area contributed by atoms with Crippen LogP contribution in [-0.2, 0) is 19.8 Å². The molecule has 8 nitrogen and oxygen atoms in total. The summed E-state index contributed by atoms with van der Waals surface area (Å²) in [4.78, 5) is 19.1. The van der Waals surface area contributed by atoms with Crippen LogP contribution in [0.4, 0.5) is 13.2 Å². The van der Waals surface area contributed by atoms with Crippen LogP contribution in [0.15, 0.2) is 47.5 Å². The molecule has 2 aromatic heterocycles. The van der Waals surface area contributed by atoms with E-state index in [0.717, 1.165) is 12.3 Å². The van der Waals surface area contributed by atoms with Gasteiger partial charge >= 0.3 is 11.9 Å². The van der Waals surface area contributed by atoms with Crippen LogP contribution in [0, 0.1) is 11.3 Å². The molecule has 160 valence electrons. The predicted molar refractivity (Wildman–Crippen MR) is 101 cm³/mol. The van der Waals surface area contributed by atoms with Gasteiger partial charge in [0.25, 0.3) is 0 Å². The number of ether oxygens (including phenoxy) is 3. The monoisotopic (exact) mass is 432 g/mol. The van der Waals surface area contributed by atoms with E-state index in [1.807, 2.05) is 6.07 Å². The molecule has 0 aliphatic rings. The van der Waals surface area contributed by atoms with Crippen molar-refractivity contribution < 1.29 is 27.4 Å². The third-order valence-corrected chi connectivity index (χ3v) is 4.10. The van der Waals surface area contributed by atoms with E-state index < -0.39 is 17.4 Å². The summed E-state index contributed by atoms with van der Waals surface area (Å²) in [6.45, 7) is -0.0244. The lowest BCUT2D eigenvalue weighted by atomic mass is 10.1. The summed E-state index contributed by atoms with van der Waals surface area (Å²) in [5, 5.41) is 9.39. The Balaban J connectivity index is 1.77. The number of aromatic nitrogens is 3. The lowest BCUT2D eigenvalue weighted by Crippen LogP contribution is -2.21. The fourth-order valence-electron chi connectivity index (χ4n) is 2.53. The Morgan fingerprint density at radius 1 is 1.19 bits per heavy atom. The molecular weight excluding hydrogens is 417 g/mol. The fraction of sp³-hybridized carbons (Fsp3) is 0.200. The summed E-state index contributed by atoms with van der Waals surface area (Å²) in [7, 11) is 2.90. The second-order valence-electron chi connectivity index (χ2n) is 6.22. The standard InChI is InChI=1S/C20H15F3N4O4/c1-27-18(29-2)7-17(26-19(27)28)30-11-12-3-4-16(13(5-12)8-24)31-15-6-14(9-25-10-15)20(21,22)23/h3-7,9-10H,11H2,1-2H3. The number of rotatable bonds is 6. The molecule has 3 rings (SSSR count). The van der Waals surface area contributed by atoms with E-state index in [9.17, 15) is 23.2 Å². The van der Waals surface area contributed by atoms with Crippen molar-refractivity contribution in [3.05, 3.63) is 69.9 Å². The van der Waals surface area contributed by atoms with Gasteiger partial charge in [-0.05, 0) is 23.8 Å². The third kappa shape index (κ3) is 5.11. The van der Waals surface area contributed by atoms with E-state index in [0.29, 0.717) is 11.8 Å². The quantitative estimate of drug-likeness (QED) is 0.588. The zero-order valence-corrected chi connectivity index (χ0v) is 16.3. The number of hydrogen-bond acceptors (Lipinski definition) is 7. The second-order valence-corrected chi connectivity index (χ2v) is 6.22. The minimum atomic E-state index is -4.57. The Bertz CT molecular complexity index is 1200. The molecule has 3 aromatic rings. The van der Waals surface area contributed by atoms with Gasteiger partial charge in [-0.15, -0.1) is 0 Å². The average molecular weight is 432 g/mol. The van der Waals surface area contributed by atoms with Gasteiger partial charge in [0.2, 0.25) is 11.8 Å². The highest BCUT2D eigenvalue weighted by atomic mass is 19.4. The molecule has 2 heterocycles. The molecule has 0 fully saturated rings. The van der Waals surface area contributed by atoms with Crippen molar-refractivity contribution in [3.8, 4) is 29.3 Å². The van der Waals surface area contributed by atoms with Crippen molar-refractivity contribution in [3.63, 3.8) is 0 Å². The van der Waals surface area contributed by atoms with Crippen LogP contribution >= 0.6 is 0 Å². The number of benzene rings is 1. The van der Waals surface area contributed by atoms with Crippen LogP contribution < -0.4 is 19.9 Å². The molecule has 31 heavy (non-hydrogen) atoms. The maximum atomic E-state index is 12.8. The molecule has 0 bridgehead atoms. The number of hydrogen-bond donors (Lipinski definition) is 0. The van der Waals surface area contributed by atoms with Crippen LogP contribution in [0.2, 0.25) is 0 Å². The Labute approximate surface area is 174 Å². The van der Waals surface area contributed by atoms with Gasteiger partial charge in [0.15, 0.2) is 0 Å². The lowest BCUT2D eigenvalue weighted by molar-refractivity contribution is -0.137. The Kier molecular flexibility index (Phi) is 6.10. The number of pyridine rings is 1. The lowest BCUT2D eigenvalue weighted by Gasteiger charge is -2.12. The summed E-state index contributed by atoms with van der Waals surface area (Å²) in [5.41, 5.74) is -0.906. The van der Waals surface area contributed by atoms with Gasteiger partial charge in [-0.3, -0.25) is 9.55 Å². The van der Waals surface area contributed by atoms with E-state index >= 15 is 0 Å². The Morgan fingerprint density at radius 2 is 1.97 bits per heavy atom. The first-order chi connectivity index (χ1) is 14.7. The number of alkyl halides is 3. The Morgan fingerprint density at radius 3 is 2.65 bits per heavy atom. The molecule has 0 atom stereocenters. The highest BCUT2D eigenvalue weighted by Crippen LogP contribution is 2.32. The second kappa shape index (κ2) is 8.74. The first-order valence-corrected chi connectivity index (χ1v) is 8.69. The van der Waals surface area contributed by atoms with Gasteiger partial charge in [0.05, 0.1) is 30.5 Å².